The standard InChI is InChI=1S/C19H27N5O3S/c1-3-27-13-16-23-17-18(14-9-5-6-10-15(14)22-19(17)20)24(16)11-7-4-8-12-28(25,26)21-2/h5-6,9-10,21H,3-4,7-8,11-13H2,1-2H3,(H2,20,22). The van der Waals surface area contributed by atoms with Crippen LogP contribution in [0.1, 0.15) is 32.0 Å². The van der Waals surface area contributed by atoms with E-state index in [-0.39, 0.29) is 5.75 Å². The van der Waals surface area contributed by atoms with E-state index in [1.807, 2.05) is 31.2 Å². The highest BCUT2D eigenvalue weighted by Gasteiger charge is 2.17. The van der Waals surface area contributed by atoms with Crippen LogP contribution >= 0.6 is 0 Å². The number of aryl methyl sites for hydroxylation is 1. The fourth-order valence-corrected chi connectivity index (χ4v) is 4.08. The highest BCUT2D eigenvalue weighted by atomic mass is 32.2. The summed E-state index contributed by atoms with van der Waals surface area (Å²) >= 11 is 0. The molecule has 0 bridgehead atoms. The van der Waals surface area contributed by atoms with Gasteiger partial charge >= 0.3 is 0 Å². The number of nitrogens with zero attached hydrogens (tertiary/aromatic N) is 3. The number of benzene rings is 1. The number of imidazole rings is 1. The summed E-state index contributed by atoms with van der Waals surface area (Å²) in [5, 5.41) is 1.000. The molecule has 0 atom stereocenters. The first-order chi connectivity index (χ1) is 13.5. The van der Waals surface area contributed by atoms with Crippen LogP contribution in [0.4, 0.5) is 5.82 Å². The summed E-state index contributed by atoms with van der Waals surface area (Å²) in [4.78, 5) is 9.17. The summed E-state index contributed by atoms with van der Waals surface area (Å²) in [6, 6.07) is 7.87. The van der Waals surface area contributed by atoms with E-state index in [4.69, 9.17) is 15.5 Å². The summed E-state index contributed by atoms with van der Waals surface area (Å²) < 4.78 is 33.2. The number of sulfonamides is 1. The van der Waals surface area contributed by atoms with E-state index in [0.717, 1.165) is 35.1 Å². The maximum atomic E-state index is 11.6. The maximum Gasteiger partial charge on any atom is 0.211 e. The van der Waals surface area contributed by atoms with Gasteiger partial charge in [0.25, 0.3) is 0 Å². The van der Waals surface area contributed by atoms with Gasteiger partial charge in [-0.25, -0.2) is 23.1 Å². The summed E-state index contributed by atoms with van der Waals surface area (Å²) in [7, 11) is -1.72. The molecule has 0 aliphatic rings. The number of para-hydroxylation sites is 1. The number of ether oxygens (including phenoxy) is 1. The van der Waals surface area contributed by atoms with Crippen molar-refractivity contribution < 1.29 is 13.2 Å². The molecule has 2 aromatic heterocycles. The average Bonchev–Trinajstić information content (AvgIpc) is 3.05. The van der Waals surface area contributed by atoms with E-state index in [0.29, 0.717) is 37.5 Å². The fourth-order valence-electron chi connectivity index (χ4n) is 3.29. The zero-order valence-corrected chi connectivity index (χ0v) is 17.1. The van der Waals surface area contributed by atoms with Crippen LogP contribution in [-0.4, -0.2) is 42.4 Å². The minimum atomic E-state index is -3.16. The summed E-state index contributed by atoms with van der Waals surface area (Å²) in [5.74, 6) is 1.36. The molecule has 3 aromatic rings. The topological polar surface area (TPSA) is 112 Å². The number of pyridine rings is 1. The lowest BCUT2D eigenvalue weighted by Crippen LogP contribution is -2.21. The third kappa shape index (κ3) is 4.43. The predicted octanol–water partition coefficient (Wildman–Crippen LogP) is 2.42. The summed E-state index contributed by atoms with van der Waals surface area (Å²) in [6.07, 6.45) is 2.24. The van der Waals surface area contributed by atoms with Crippen LogP contribution in [0.25, 0.3) is 21.9 Å². The van der Waals surface area contributed by atoms with Crippen LogP contribution in [0.15, 0.2) is 24.3 Å². The summed E-state index contributed by atoms with van der Waals surface area (Å²) in [6.45, 7) is 3.65. The number of fused-ring (bicyclic) bond motifs is 3. The van der Waals surface area contributed by atoms with Crippen LogP contribution in [0.2, 0.25) is 0 Å². The van der Waals surface area contributed by atoms with Crippen molar-refractivity contribution in [2.75, 3.05) is 25.1 Å². The molecule has 0 saturated heterocycles. The highest BCUT2D eigenvalue weighted by molar-refractivity contribution is 7.89. The molecule has 0 unspecified atom stereocenters. The van der Waals surface area contributed by atoms with Crippen molar-refractivity contribution in [3.05, 3.63) is 30.1 Å². The van der Waals surface area contributed by atoms with Crippen LogP contribution in [0, 0.1) is 0 Å². The molecule has 0 aliphatic carbocycles. The van der Waals surface area contributed by atoms with Gasteiger partial charge in [-0.3, -0.25) is 0 Å². The lowest BCUT2D eigenvalue weighted by atomic mass is 10.2. The van der Waals surface area contributed by atoms with Gasteiger partial charge < -0.3 is 15.0 Å². The third-order valence-corrected chi connectivity index (χ3v) is 6.18. The SMILES string of the molecule is CCOCc1nc2c(N)nc3ccccc3c2n1CCCCCS(=O)(=O)NC. The number of anilines is 1. The molecule has 28 heavy (non-hydrogen) atoms. The molecule has 2 heterocycles. The van der Waals surface area contributed by atoms with Crippen LogP contribution in [0.5, 0.6) is 0 Å². The van der Waals surface area contributed by atoms with Gasteiger partial charge in [0, 0.05) is 18.5 Å². The second-order valence-electron chi connectivity index (χ2n) is 6.61. The van der Waals surface area contributed by atoms with Crippen molar-refractivity contribution in [1.29, 1.82) is 0 Å². The van der Waals surface area contributed by atoms with Crippen LogP contribution in [0.3, 0.4) is 0 Å². The van der Waals surface area contributed by atoms with Crippen molar-refractivity contribution in [1.82, 2.24) is 19.3 Å². The second kappa shape index (κ2) is 8.85. The molecule has 1 aromatic carbocycles. The first-order valence-corrected chi connectivity index (χ1v) is 11.1. The Morgan fingerprint density at radius 2 is 1.96 bits per heavy atom. The Bertz CT molecular complexity index is 1060. The summed E-state index contributed by atoms with van der Waals surface area (Å²) in [5.41, 5.74) is 8.65. The van der Waals surface area contributed by atoms with Crippen molar-refractivity contribution in [2.45, 2.75) is 39.3 Å². The quantitative estimate of drug-likeness (QED) is 0.501. The van der Waals surface area contributed by atoms with Gasteiger partial charge in [-0.1, -0.05) is 24.6 Å². The molecule has 0 radical (unpaired) electrons. The molecule has 8 nitrogen and oxygen atoms in total. The average molecular weight is 406 g/mol. The van der Waals surface area contributed by atoms with Gasteiger partial charge in [-0.2, -0.15) is 0 Å². The smallest absolute Gasteiger partial charge is 0.211 e. The Morgan fingerprint density at radius 1 is 1.18 bits per heavy atom. The largest absolute Gasteiger partial charge is 0.382 e. The molecule has 9 heteroatoms. The lowest BCUT2D eigenvalue weighted by Gasteiger charge is -2.11. The third-order valence-electron chi connectivity index (χ3n) is 4.73. The Hall–Kier alpha value is -2.23. The maximum absolute atomic E-state index is 11.6. The molecular formula is C19H27N5O3S. The van der Waals surface area contributed by atoms with Crippen molar-refractivity contribution >= 4 is 37.8 Å². The van der Waals surface area contributed by atoms with Gasteiger partial charge in [-0.05, 0) is 32.9 Å². The van der Waals surface area contributed by atoms with Gasteiger partial charge in [0.1, 0.15) is 17.9 Å². The molecule has 0 spiro atoms. The van der Waals surface area contributed by atoms with Crippen molar-refractivity contribution in [2.24, 2.45) is 0 Å². The van der Waals surface area contributed by atoms with Gasteiger partial charge in [0.2, 0.25) is 10.0 Å². The minimum Gasteiger partial charge on any atom is -0.382 e. The van der Waals surface area contributed by atoms with E-state index in [1.165, 1.54) is 7.05 Å². The predicted molar refractivity (Wildman–Crippen MR) is 111 cm³/mol. The van der Waals surface area contributed by atoms with E-state index >= 15 is 0 Å². The van der Waals surface area contributed by atoms with Crippen LogP contribution in [-0.2, 0) is 27.9 Å². The Labute approximate surface area is 165 Å². The van der Waals surface area contributed by atoms with E-state index in [9.17, 15) is 8.42 Å². The molecule has 0 fully saturated rings. The Morgan fingerprint density at radius 3 is 2.71 bits per heavy atom. The normalized spacial score (nSPS) is 12.2. The van der Waals surface area contributed by atoms with E-state index < -0.39 is 10.0 Å². The first kappa shape index (κ1) is 20.5. The van der Waals surface area contributed by atoms with Crippen molar-refractivity contribution in [3.8, 4) is 0 Å². The number of aromatic nitrogens is 3. The fraction of sp³-hybridized carbons (Fsp3) is 0.474. The van der Waals surface area contributed by atoms with E-state index in [2.05, 4.69) is 14.3 Å². The lowest BCUT2D eigenvalue weighted by molar-refractivity contribution is 0.126. The molecule has 3 N–H and O–H groups in total. The molecule has 0 saturated carbocycles. The molecule has 152 valence electrons. The van der Waals surface area contributed by atoms with Crippen molar-refractivity contribution in [3.63, 3.8) is 0 Å². The second-order valence-corrected chi connectivity index (χ2v) is 8.66. The number of unbranched alkanes of at least 4 members (excludes halogenated alkanes) is 2. The van der Waals surface area contributed by atoms with E-state index in [1.54, 1.807) is 0 Å². The number of hydrogen-bond donors (Lipinski definition) is 2. The van der Waals surface area contributed by atoms with Gasteiger partial charge in [-0.15, -0.1) is 0 Å². The Kier molecular flexibility index (Phi) is 6.48. The molecule has 0 amide bonds. The number of nitrogens with two attached hydrogens (primary N) is 1. The number of nitrogens with one attached hydrogen (secondary N) is 1. The van der Waals surface area contributed by atoms with Crippen LogP contribution < -0.4 is 10.5 Å². The highest BCUT2D eigenvalue weighted by Crippen LogP contribution is 2.29. The number of rotatable bonds is 10. The number of nitrogen functional groups attached to an aromatic ring is 1. The molecule has 3 rings (SSSR count). The monoisotopic (exact) mass is 405 g/mol. The molecule has 0 aliphatic heterocycles. The van der Waals surface area contributed by atoms with Gasteiger partial charge in [0.15, 0.2) is 5.82 Å². The minimum absolute atomic E-state index is 0.139. The molecular weight excluding hydrogens is 378 g/mol. The van der Waals surface area contributed by atoms with Gasteiger partial charge in [0.05, 0.1) is 16.8 Å². The number of hydrogen-bond acceptors (Lipinski definition) is 6. The zero-order valence-electron chi connectivity index (χ0n) is 16.3. The Balaban J connectivity index is 1.90. The first-order valence-electron chi connectivity index (χ1n) is 9.49. The zero-order chi connectivity index (χ0) is 20.1.